The molecule has 0 aromatic heterocycles. The number of fused-ring (bicyclic) bond motifs is 7. The maximum Gasteiger partial charge on any atom is 0.338 e. The van der Waals surface area contributed by atoms with Crippen molar-refractivity contribution in [3.63, 3.8) is 0 Å². The van der Waals surface area contributed by atoms with Gasteiger partial charge in [0.1, 0.15) is 12.2 Å². The molecule has 12 atom stereocenters. The Bertz CT molecular complexity index is 1160. The molecule has 1 heterocycles. The highest BCUT2D eigenvalue weighted by Crippen LogP contribution is 2.70. The molecule has 41 heavy (non-hydrogen) atoms. The van der Waals surface area contributed by atoms with Crippen molar-refractivity contribution in [2.45, 2.75) is 117 Å². The molecule has 5 aliphatic rings. The lowest BCUT2D eigenvalue weighted by molar-refractivity contribution is -0.181. The van der Waals surface area contributed by atoms with E-state index in [9.17, 15) is 9.59 Å². The second-order valence-corrected chi connectivity index (χ2v) is 14.9. The Balaban J connectivity index is 1.31. The van der Waals surface area contributed by atoms with E-state index in [4.69, 9.17) is 14.2 Å². The van der Waals surface area contributed by atoms with Gasteiger partial charge in [0.25, 0.3) is 0 Å². The fourth-order valence-corrected chi connectivity index (χ4v) is 10.8. The summed E-state index contributed by atoms with van der Waals surface area (Å²) in [5.41, 5.74) is 1.91. The molecule has 0 amide bonds. The van der Waals surface area contributed by atoms with Crippen LogP contribution in [0, 0.1) is 46.3 Å². The van der Waals surface area contributed by atoms with Gasteiger partial charge in [-0.25, -0.2) is 4.79 Å². The molecule has 1 saturated heterocycles. The first-order valence-corrected chi connectivity index (χ1v) is 16.3. The van der Waals surface area contributed by atoms with Gasteiger partial charge < -0.3 is 14.2 Å². The number of carbonyl (C=O) groups is 2. The fourth-order valence-electron chi connectivity index (χ4n) is 10.8. The predicted octanol–water partition coefficient (Wildman–Crippen LogP) is 7.78. The van der Waals surface area contributed by atoms with Crippen molar-refractivity contribution in [2.75, 3.05) is 0 Å². The summed E-state index contributed by atoms with van der Waals surface area (Å²) in [6, 6.07) is 9.51. The Kier molecular flexibility index (Phi) is 7.66. The Hall–Kier alpha value is -2.14. The van der Waals surface area contributed by atoms with Crippen LogP contribution in [0.15, 0.2) is 42.5 Å². The average molecular weight is 563 g/mol. The van der Waals surface area contributed by atoms with Crippen molar-refractivity contribution in [3.05, 3.63) is 48.0 Å². The Morgan fingerprint density at radius 1 is 1.00 bits per heavy atom. The fraction of sp³-hybridized carbons (Fsp3) is 0.722. The summed E-state index contributed by atoms with van der Waals surface area (Å²) in [6.45, 7) is 15.1. The summed E-state index contributed by atoms with van der Waals surface area (Å²) in [7, 11) is 0. The number of hydrogen-bond donors (Lipinski definition) is 0. The van der Waals surface area contributed by atoms with Crippen molar-refractivity contribution in [2.24, 2.45) is 46.3 Å². The number of rotatable bonds is 6. The second kappa shape index (κ2) is 10.8. The lowest BCUT2D eigenvalue weighted by Gasteiger charge is -2.62. The largest absolute Gasteiger partial charge is 0.463 e. The Morgan fingerprint density at radius 2 is 1.76 bits per heavy atom. The summed E-state index contributed by atoms with van der Waals surface area (Å²) < 4.78 is 19.2. The van der Waals surface area contributed by atoms with Crippen molar-refractivity contribution in [3.8, 4) is 0 Å². The highest BCUT2D eigenvalue weighted by Gasteiger charge is 2.69. The number of carbonyl (C=O) groups excluding carboxylic acids is 2. The molecule has 4 aliphatic carbocycles. The van der Waals surface area contributed by atoms with E-state index >= 15 is 0 Å². The van der Waals surface area contributed by atoms with Gasteiger partial charge in [0, 0.05) is 12.3 Å². The van der Waals surface area contributed by atoms with Crippen LogP contribution in [0.3, 0.4) is 0 Å². The quantitative estimate of drug-likeness (QED) is 0.262. The molecule has 1 aromatic carbocycles. The van der Waals surface area contributed by atoms with Crippen LogP contribution in [0.25, 0.3) is 0 Å². The molecule has 1 aliphatic heterocycles. The molecule has 0 N–H and O–H groups in total. The lowest BCUT2D eigenvalue weighted by Crippen LogP contribution is -2.60. The van der Waals surface area contributed by atoms with Crippen LogP contribution in [-0.4, -0.2) is 36.4 Å². The molecule has 5 fully saturated rings. The molecule has 0 radical (unpaired) electrons. The highest BCUT2D eigenvalue weighted by atomic mass is 16.5. The van der Waals surface area contributed by atoms with Gasteiger partial charge in [-0.05, 0) is 118 Å². The van der Waals surface area contributed by atoms with Gasteiger partial charge in [-0.3, -0.25) is 4.79 Å². The smallest absolute Gasteiger partial charge is 0.338 e. The molecule has 5 heteroatoms. The molecule has 224 valence electrons. The minimum absolute atomic E-state index is 0.0407. The van der Waals surface area contributed by atoms with Crippen LogP contribution in [0.2, 0.25) is 0 Å². The minimum atomic E-state index is -0.195. The van der Waals surface area contributed by atoms with Crippen LogP contribution < -0.4 is 0 Å². The average Bonchev–Trinajstić information content (AvgIpc) is 3.41. The molecule has 4 saturated carbocycles. The van der Waals surface area contributed by atoms with E-state index in [1.807, 2.05) is 30.3 Å². The zero-order valence-electron chi connectivity index (χ0n) is 25.8. The standard InChI is InChI=1S/C36H50O5/c1-21(2)12-15-30-22(3)33-31(40-30)19-29-27-14-13-25-18-26(39-23(4)37)16-17-35(25,5)28(27)20-32(36(29,33)6)41-34(38)24-10-8-7-9-11-24/h7-11,22,25-33H,1,12-20H2,2-6H3/t22-,25?,26+,27-,28+,29+,30-,31?,32-,33+,35+,36-/m1/s1. The molecule has 2 unspecified atom stereocenters. The number of hydrogen-bond acceptors (Lipinski definition) is 5. The van der Waals surface area contributed by atoms with E-state index in [2.05, 4.69) is 34.3 Å². The first-order valence-electron chi connectivity index (χ1n) is 16.3. The first-order chi connectivity index (χ1) is 19.5. The van der Waals surface area contributed by atoms with Gasteiger partial charge in [0.05, 0.1) is 17.8 Å². The monoisotopic (exact) mass is 562 g/mol. The van der Waals surface area contributed by atoms with Crippen LogP contribution >= 0.6 is 0 Å². The van der Waals surface area contributed by atoms with E-state index in [-0.39, 0.29) is 47.2 Å². The van der Waals surface area contributed by atoms with Gasteiger partial charge in [0.15, 0.2) is 0 Å². The topological polar surface area (TPSA) is 61.8 Å². The van der Waals surface area contributed by atoms with Crippen molar-refractivity contribution < 1.29 is 23.8 Å². The summed E-state index contributed by atoms with van der Waals surface area (Å²) in [4.78, 5) is 25.4. The molecule has 0 bridgehead atoms. The number of benzene rings is 1. The van der Waals surface area contributed by atoms with Crippen molar-refractivity contribution in [1.82, 2.24) is 0 Å². The molecule has 1 aromatic rings. The number of ether oxygens (including phenoxy) is 3. The molecular formula is C36H50O5. The van der Waals surface area contributed by atoms with Gasteiger partial charge in [-0.2, -0.15) is 0 Å². The number of esters is 2. The third-order valence-corrected chi connectivity index (χ3v) is 12.7. The number of allylic oxidation sites excluding steroid dienone is 1. The van der Waals surface area contributed by atoms with E-state index in [1.54, 1.807) is 0 Å². The Labute approximate surface area is 246 Å². The SMILES string of the molecule is C=C(C)CC[C@H]1OC2C[C@H]3[C@@H]4CCC5C[C@@H](OC(C)=O)CC[C@]5(C)[C@H]4C[C@@H](OC(=O)c4ccccc4)[C@]3(C)[C@H]2[C@@H]1C. The molecule has 6 rings (SSSR count). The third kappa shape index (κ3) is 4.88. The first kappa shape index (κ1) is 29.0. The molecule has 0 spiro atoms. The summed E-state index contributed by atoms with van der Waals surface area (Å²) in [6.07, 6.45) is 9.78. The van der Waals surface area contributed by atoms with E-state index in [0.29, 0.717) is 41.1 Å². The molecule has 5 nitrogen and oxygen atoms in total. The van der Waals surface area contributed by atoms with Crippen molar-refractivity contribution in [1.29, 1.82) is 0 Å². The maximum atomic E-state index is 13.6. The van der Waals surface area contributed by atoms with E-state index in [0.717, 1.165) is 44.9 Å². The van der Waals surface area contributed by atoms with Crippen LogP contribution in [0.5, 0.6) is 0 Å². The lowest BCUT2D eigenvalue weighted by atomic mass is 9.43. The van der Waals surface area contributed by atoms with E-state index < -0.39 is 0 Å². The van der Waals surface area contributed by atoms with E-state index in [1.165, 1.54) is 25.3 Å². The minimum Gasteiger partial charge on any atom is -0.463 e. The second-order valence-electron chi connectivity index (χ2n) is 14.9. The van der Waals surface area contributed by atoms with Crippen LogP contribution in [0.1, 0.15) is 103 Å². The summed E-state index contributed by atoms with van der Waals surface area (Å²) in [5, 5.41) is 0. The highest BCUT2D eigenvalue weighted by molar-refractivity contribution is 5.89. The van der Waals surface area contributed by atoms with Gasteiger partial charge >= 0.3 is 11.9 Å². The zero-order chi connectivity index (χ0) is 29.1. The van der Waals surface area contributed by atoms with Crippen LogP contribution in [0.4, 0.5) is 0 Å². The normalized spacial score (nSPS) is 44.6. The van der Waals surface area contributed by atoms with Crippen molar-refractivity contribution >= 4 is 11.9 Å². The summed E-state index contributed by atoms with van der Waals surface area (Å²) in [5.74, 6) is 2.60. The van der Waals surface area contributed by atoms with Gasteiger partial charge in [-0.1, -0.05) is 44.5 Å². The Morgan fingerprint density at radius 3 is 2.46 bits per heavy atom. The maximum absolute atomic E-state index is 13.6. The third-order valence-electron chi connectivity index (χ3n) is 12.7. The van der Waals surface area contributed by atoms with Crippen LogP contribution in [-0.2, 0) is 19.0 Å². The summed E-state index contributed by atoms with van der Waals surface area (Å²) >= 11 is 0. The van der Waals surface area contributed by atoms with Gasteiger partial charge in [0.2, 0.25) is 0 Å². The zero-order valence-corrected chi connectivity index (χ0v) is 25.8. The predicted molar refractivity (Wildman–Crippen MR) is 159 cm³/mol. The molecular weight excluding hydrogens is 512 g/mol. The van der Waals surface area contributed by atoms with Gasteiger partial charge in [-0.15, -0.1) is 6.58 Å².